The minimum Gasteiger partial charge on any atom is -0.494 e. The van der Waals surface area contributed by atoms with E-state index in [0.29, 0.717) is 6.61 Å². The maximum atomic E-state index is 11.8. The summed E-state index contributed by atoms with van der Waals surface area (Å²) in [5.74, 6) is 0.658. The van der Waals surface area contributed by atoms with E-state index in [2.05, 4.69) is 5.32 Å². The summed E-state index contributed by atoms with van der Waals surface area (Å²) < 4.78 is 10.8. The molecule has 1 N–H and O–H groups in total. The van der Waals surface area contributed by atoms with Crippen molar-refractivity contribution >= 4 is 11.6 Å². The summed E-state index contributed by atoms with van der Waals surface area (Å²) in [6, 6.07) is 5.59. The molecule has 0 heterocycles. The monoisotopic (exact) mass is 265 g/mol. The number of anilines is 1. The molecule has 0 aromatic heterocycles. The van der Waals surface area contributed by atoms with E-state index >= 15 is 0 Å². The van der Waals surface area contributed by atoms with E-state index in [1.54, 1.807) is 0 Å². The Balaban J connectivity index is 2.59. The summed E-state index contributed by atoms with van der Waals surface area (Å²) in [5.41, 5.74) is 1.44. The number of ether oxygens (including phenoxy) is 2. The highest BCUT2D eigenvalue weighted by Crippen LogP contribution is 2.21. The van der Waals surface area contributed by atoms with Crippen molar-refractivity contribution in [2.75, 3.05) is 18.5 Å². The van der Waals surface area contributed by atoms with Crippen molar-refractivity contribution in [3.8, 4) is 5.75 Å². The van der Waals surface area contributed by atoms with E-state index in [-0.39, 0.29) is 18.1 Å². The highest BCUT2D eigenvalue weighted by molar-refractivity contribution is 5.92. The van der Waals surface area contributed by atoms with Crippen LogP contribution in [0.5, 0.6) is 5.75 Å². The molecular formula is C15H23NO3. The van der Waals surface area contributed by atoms with Crippen molar-refractivity contribution < 1.29 is 14.3 Å². The molecule has 0 bridgehead atoms. The first-order valence-electron chi connectivity index (χ1n) is 6.49. The maximum Gasteiger partial charge on any atom is 0.250 e. The molecule has 0 aliphatic heterocycles. The van der Waals surface area contributed by atoms with E-state index in [9.17, 15) is 4.79 Å². The lowest BCUT2D eigenvalue weighted by Gasteiger charge is -2.19. The predicted octanol–water partition coefficient (Wildman–Crippen LogP) is 3.15. The third kappa shape index (κ3) is 5.75. The average Bonchev–Trinajstić information content (AvgIpc) is 2.30. The zero-order valence-corrected chi connectivity index (χ0v) is 12.4. The number of hydrogen-bond acceptors (Lipinski definition) is 3. The molecule has 4 nitrogen and oxygen atoms in total. The third-order valence-corrected chi connectivity index (χ3v) is 2.42. The second kappa shape index (κ2) is 6.57. The van der Waals surface area contributed by atoms with Gasteiger partial charge < -0.3 is 14.8 Å². The Morgan fingerprint density at radius 2 is 2.00 bits per heavy atom. The van der Waals surface area contributed by atoms with Gasteiger partial charge in [-0.2, -0.15) is 0 Å². The molecule has 1 amide bonds. The van der Waals surface area contributed by atoms with Gasteiger partial charge >= 0.3 is 0 Å². The molecule has 0 unspecified atom stereocenters. The Kier molecular flexibility index (Phi) is 5.36. The number of amides is 1. The van der Waals surface area contributed by atoms with Crippen molar-refractivity contribution in [2.45, 2.75) is 40.2 Å². The summed E-state index contributed by atoms with van der Waals surface area (Å²) in [5, 5.41) is 2.83. The molecular weight excluding hydrogens is 242 g/mol. The summed E-state index contributed by atoms with van der Waals surface area (Å²) in [6.07, 6.45) is 0. The normalized spacial score (nSPS) is 11.2. The van der Waals surface area contributed by atoms with Crippen LogP contribution in [0, 0.1) is 6.92 Å². The average molecular weight is 265 g/mol. The lowest BCUT2D eigenvalue weighted by atomic mass is 10.2. The lowest BCUT2D eigenvalue weighted by molar-refractivity contribution is -0.125. The molecule has 0 saturated carbocycles. The van der Waals surface area contributed by atoms with E-state index < -0.39 is 0 Å². The number of aryl methyl sites for hydroxylation is 1. The number of carbonyl (C=O) groups excluding carboxylic acids is 1. The minimum absolute atomic E-state index is 0.0517. The standard InChI is InChI=1S/C15H23NO3/c1-6-18-12-7-8-13(11(2)9-12)16-14(17)10-19-15(3,4)5/h7-9H,6,10H2,1-5H3,(H,16,17). The van der Waals surface area contributed by atoms with Crippen LogP contribution in [-0.4, -0.2) is 24.7 Å². The van der Waals surface area contributed by atoms with E-state index in [1.165, 1.54) is 0 Å². The van der Waals surface area contributed by atoms with Gasteiger partial charge in [-0.15, -0.1) is 0 Å². The van der Waals surface area contributed by atoms with Crippen molar-refractivity contribution in [1.29, 1.82) is 0 Å². The fraction of sp³-hybridized carbons (Fsp3) is 0.533. The first-order valence-corrected chi connectivity index (χ1v) is 6.49. The number of hydrogen-bond donors (Lipinski definition) is 1. The number of rotatable bonds is 5. The van der Waals surface area contributed by atoms with Crippen LogP contribution in [0.1, 0.15) is 33.3 Å². The van der Waals surface area contributed by atoms with Gasteiger partial charge in [-0.1, -0.05) is 0 Å². The molecule has 106 valence electrons. The van der Waals surface area contributed by atoms with Crippen LogP contribution in [0.2, 0.25) is 0 Å². The second-order valence-electron chi connectivity index (χ2n) is 5.36. The Morgan fingerprint density at radius 1 is 1.32 bits per heavy atom. The molecule has 0 aliphatic rings. The molecule has 0 spiro atoms. The first kappa shape index (κ1) is 15.5. The molecule has 0 fully saturated rings. The Morgan fingerprint density at radius 3 is 2.53 bits per heavy atom. The largest absolute Gasteiger partial charge is 0.494 e. The van der Waals surface area contributed by atoms with Gasteiger partial charge in [0.25, 0.3) is 0 Å². The van der Waals surface area contributed by atoms with Gasteiger partial charge in [-0.25, -0.2) is 0 Å². The fourth-order valence-electron chi connectivity index (χ4n) is 1.50. The van der Waals surface area contributed by atoms with Gasteiger partial charge in [0, 0.05) is 5.69 Å². The highest BCUT2D eigenvalue weighted by Gasteiger charge is 2.13. The Labute approximate surface area is 115 Å². The summed E-state index contributed by atoms with van der Waals surface area (Å²) in [4.78, 5) is 11.8. The summed E-state index contributed by atoms with van der Waals surface area (Å²) in [7, 11) is 0. The Bertz CT molecular complexity index is 436. The predicted molar refractivity (Wildman–Crippen MR) is 76.7 cm³/mol. The van der Waals surface area contributed by atoms with E-state index in [4.69, 9.17) is 9.47 Å². The van der Waals surface area contributed by atoms with Crippen molar-refractivity contribution in [1.82, 2.24) is 0 Å². The van der Waals surface area contributed by atoms with Gasteiger partial charge in [0.05, 0.1) is 12.2 Å². The van der Waals surface area contributed by atoms with Crippen LogP contribution in [0.3, 0.4) is 0 Å². The zero-order chi connectivity index (χ0) is 14.5. The molecule has 1 aromatic rings. The molecule has 0 saturated heterocycles. The molecule has 1 aromatic carbocycles. The minimum atomic E-state index is -0.314. The fourth-order valence-corrected chi connectivity index (χ4v) is 1.50. The highest BCUT2D eigenvalue weighted by atomic mass is 16.5. The molecule has 0 aliphatic carbocycles. The van der Waals surface area contributed by atoms with Crippen molar-refractivity contribution in [2.24, 2.45) is 0 Å². The van der Waals surface area contributed by atoms with Crippen LogP contribution in [0.25, 0.3) is 0 Å². The molecule has 0 atom stereocenters. The van der Waals surface area contributed by atoms with Gasteiger partial charge in [-0.05, 0) is 58.4 Å². The van der Waals surface area contributed by atoms with E-state index in [1.807, 2.05) is 52.8 Å². The number of benzene rings is 1. The Hall–Kier alpha value is -1.55. The quantitative estimate of drug-likeness (QED) is 0.889. The van der Waals surface area contributed by atoms with Crippen LogP contribution in [0.4, 0.5) is 5.69 Å². The van der Waals surface area contributed by atoms with Crippen LogP contribution >= 0.6 is 0 Å². The lowest BCUT2D eigenvalue weighted by Crippen LogP contribution is -2.27. The smallest absolute Gasteiger partial charge is 0.250 e. The SMILES string of the molecule is CCOc1ccc(NC(=O)COC(C)(C)C)c(C)c1. The second-order valence-corrected chi connectivity index (χ2v) is 5.36. The topological polar surface area (TPSA) is 47.6 Å². The molecule has 4 heteroatoms. The van der Waals surface area contributed by atoms with E-state index in [0.717, 1.165) is 17.0 Å². The summed E-state index contributed by atoms with van der Waals surface area (Å²) >= 11 is 0. The van der Waals surface area contributed by atoms with Gasteiger partial charge in [0.15, 0.2) is 0 Å². The molecule has 0 radical (unpaired) electrons. The van der Waals surface area contributed by atoms with Crippen LogP contribution in [-0.2, 0) is 9.53 Å². The molecule has 19 heavy (non-hydrogen) atoms. The number of carbonyl (C=O) groups is 1. The van der Waals surface area contributed by atoms with Gasteiger partial charge in [0.1, 0.15) is 12.4 Å². The third-order valence-electron chi connectivity index (χ3n) is 2.42. The summed E-state index contributed by atoms with van der Waals surface area (Å²) in [6.45, 7) is 10.3. The number of nitrogens with one attached hydrogen (secondary N) is 1. The van der Waals surface area contributed by atoms with Crippen molar-refractivity contribution in [3.05, 3.63) is 23.8 Å². The van der Waals surface area contributed by atoms with Crippen LogP contribution in [0.15, 0.2) is 18.2 Å². The van der Waals surface area contributed by atoms with Gasteiger partial charge in [0.2, 0.25) is 5.91 Å². The molecule has 1 rings (SSSR count). The van der Waals surface area contributed by atoms with Crippen molar-refractivity contribution in [3.63, 3.8) is 0 Å². The van der Waals surface area contributed by atoms with Crippen LogP contribution < -0.4 is 10.1 Å². The van der Waals surface area contributed by atoms with Gasteiger partial charge in [-0.3, -0.25) is 4.79 Å². The zero-order valence-electron chi connectivity index (χ0n) is 12.4. The maximum absolute atomic E-state index is 11.8. The first-order chi connectivity index (χ1) is 8.81.